The minimum atomic E-state index is -1.30. The van der Waals surface area contributed by atoms with E-state index in [-0.39, 0.29) is 0 Å². The van der Waals surface area contributed by atoms with Crippen LogP contribution in [0.4, 0.5) is 0 Å². The molecule has 0 aliphatic heterocycles. The van der Waals surface area contributed by atoms with Crippen molar-refractivity contribution in [1.82, 2.24) is 0 Å². The van der Waals surface area contributed by atoms with Crippen LogP contribution in [0.25, 0.3) is 0 Å². The number of thiophene rings is 1. The maximum absolute atomic E-state index is 10.7. The van der Waals surface area contributed by atoms with Crippen molar-refractivity contribution in [2.45, 2.75) is 19.1 Å². The Balaban J connectivity index is 2.71. The highest BCUT2D eigenvalue weighted by Gasteiger charge is 2.22. The number of ketones is 1. The third-order valence-electron chi connectivity index (χ3n) is 1.55. The van der Waals surface area contributed by atoms with Crippen molar-refractivity contribution in [2.75, 3.05) is 0 Å². The van der Waals surface area contributed by atoms with Gasteiger partial charge in [-0.1, -0.05) is 6.07 Å². The summed E-state index contributed by atoms with van der Waals surface area (Å²) in [5.74, 6) is -0.420. The Kier molecular flexibility index (Phi) is 2.97. The molecular formula is C8H10O3S. The largest absolute Gasteiger partial charge is 0.384 e. The van der Waals surface area contributed by atoms with Crippen LogP contribution in [0.1, 0.15) is 17.9 Å². The van der Waals surface area contributed by atoms with Gasteiger partial charge < -0.3 is 10.2 Å². The van der Waals surface area contributed by atoms with Gasteiger partial charge in [-0.15, -0.1) is 11.3 Å². The van der Waals surface area contributed by atoms with E-state index >= 15 is 0 Å². The van der Waals surface area contributed by atoms with Crippen LogP contribution in [0, 0.1) is 0 Å². The summed E-state index contributed by atoms with van der Waals surface area (Å²) in [6.07, 6.45) is -2.38. The Morgan fingerprint density at radius 3 is 2.67 bits per heavy atom. The maximum Gasteiger partial charge on any atom is 0.161 e. The molecule has 66 valence electrons. The van der Waals surface area contributed by atoms with E-state index in [2.05, 4.69) is 0 Å². The number of aliphatic hydroxyl groups excluding tert-OH is 2. The lowest BCUT2D eigenvalue weighted by Gasteiger charge is -2.12. The van der Waals surface area contributed by atoms with Crippen LogP contribution in [0.3, 0.4) is 0 Å². The van der Waals surface area contributed by atoms with E-state index in [0.717, 1.165) is 0 Å². The van der Waals surface area contributed by atoms with Crippen LogP contribution in [-0.2, 0) is 4.79 Å². The lowest BCUT2D eigenvalue weighted by Crippen LogP contribution is -2.24. The zero-order chi connectivity index (χ0) is 9.14. The highest BCUT2D eigenvalue weighted by Crippen LogP contribution is 2.21. The summed E-state index contributed by atoms with van der Waals surface area (Å²) in [7, 11) is 0. The average Bonchev–Trinajstić information content (AvgIpc) is 2.53. The van der Waals surface area contributed by atoms with E-state index in [1.54, 1.807) is 17.5 Å². The summed E-state index contributed by atoms with van der Waals surface area (Å²) in [5.41, 5.74) is 0. The Hall–Kier alpha value is -0.710. The van der Waals surface area contributed by atoms with Crippen LogP contribution in [-0.4, -0.2) is 22.1 Å². The summed E-state index contributed by atoms with van der Waals surface area (Å²) in [6, 6.07) is 3.44. The number of carbonyl (C=O) groups excluding carboxylic acids is 1. The molecule has 0 saturated heterocycles. The molecule has 1 rings (SSSR count). The van der Waals surface area contributed by atoms with Crippen molar-refractivity contribution >= 4 is 17.1 Å². The van der Waals surface area contributed by atoms with Crippen LogP contribution in [0.2, 0.25) is 0 Å². The lowest BCUT2D eigenvalue weighted by atomic mass is 10.1. The Morgan fingerprint density at radius 1 is 1.58 bits per heavy atom. The van der Waals surface area contributed by atoms with Crippen molar-refractivity contribution in [3.63, 3.8) is 0 Å². The number of hydrogen-bond acceptors (Lipinski definition) is 4. The van der Waals surface area contributed by atoms with Crippen LogP contribution in [0.5, 0.6) is 0 Å². The molecule has 12 heavy (non-hydrogen) atoms. The zero-order valence-electron chi connectivity index (χ0n) is 6.60. The fourth-order valence-corrected chi connectivity index (χ4v) is 1.58. The summed E-state index contributed by atoms with van der Waals surface area (Å²) in [6.45, 7) is 1.25. The second-order valence-corrected chi connectivity index (χ2v) is 3.50. The molecule has 0 unspecified atom stereocenters. The van der Waals surface area contributed by atoms with E-state index in [1.807, 2.05) is 0 Å². The molecule has 0 spiro atoms. The smallest absolute Gasteiger partial charge is 0.161 e. The molecule has 1 aromatic heterocycles. The van der Waals surface area contributed by atoms with Gasteiger partial charge in [0.15, 0.2) is 5.78 Å². The first-order valence-electron chi connectivity index (χ1n) is 3.53. The molecule has 2 atom stereocenters. The van der Waals surface area contributed by atoms with Gasteiger partial charge in [-0.2, -0.15) is 0 Å². The van der Waals surface area contributed by atoms with Gasteiger partial charge in [0, 0.05) is 4.88 Å². The summed E-state index contributed by atoms with van der Waals surface area (Å²) >= 11 is 1.31. The van der Waals surface area contributed by atoms with E-state index in [0.29, 0.717) is 4.88 Å². The summed E-state index contributed by atoms with van der Waals surface area (Å²) in [5, 5.41) is 20.3. The number of aliphatic hydroxyl groups is 2. The second kappa shape index (κ2) is 3.80. The van der Waals surface area contributed by atoms with E-state index in [1.165, 1.54) is 18.3 Å². The first kappa shape index (κ1) is 9.38. The third kappa shape index (κ3) is 1.91. The molecule has 1 heterocycles. The topological polar surface area (TPSA) is 57.5 Å². The standard InChI is InChI=1S/C8H10O3S/c1-5(9)7(10)8(11)6-3-2-4-12-6/h2-4,7-8,10-11H,1H3/t7-,8+/m0/s1. The predicted octanol–water partition coefficient (Wildman–Crippen LogP) is 0.731. The summed E-state index contributed by atoms with van der Waals surface area (Å²) < 4.78 is 0. The van der Waals surface area contributed by atoms with Gasteiger partial charge in [0.05, 0.1) is 0 Å². The number of hydrogen-bond donors (Lipinski definition) is 2. The van der Waals surface area contributed by atoms with Gasteiger partial charge in [0.25, 0.3) is 0 Å². The molecule has 0 radical (unpaired) electrons. The Labute approximate surface area is 74.3 Å². The van der Waals surface area contributed by atoms with Crippen LogP contribution < -0.4 is 0 Å². The molecular weight excluding hydrogens is 176 g/mol. The van der Waals surface area contributed by atoms with E-state index in [4.69, 9.17) is 0 Å². The third-order valence-corrected chi connectivity index (χ3v) is 2.49. The highest BCUT2D eigenvalue weighted by atomic mass is 32.1. The highest BCUT2D eigenvalue weighted by molar-refractivity contribution is 7.10. The minimum Gasteiger partial charge on any atom is -0.384 e. The molecule has 2 N–H and O–H groups in total. The van der Waals surface area contributed by atoms with Crippen molar-refractivity contribution in [1.29, 1.82) is 0 Å². The van der Waals surface area contributed by atoms with Gasteiger partial charge in [-0.3, -0.25) is 4.79 Å². The summed E-state index contributed by atoms with van der Waals surface area (Å²) in [4.78, 5) is 11.3. The quantitative estimate of drug-likeness (QED) is 0.731. The van der Waals surface area contributed by atoms with Gasteiger partial charge in [-0.25, -0.2) is 0 Å². The fourth-order valence-electron chi connectivity index (χ4n) is 0.837. The Bertz CT molecular complexity index is 255. The fraction of sp³-hybridized carbons (Fsp3) is 0.375. The molecule has 1 aromatic rings. The molecule has 0 amide bonds. The Morgan fingerprint density at radius 2 is 2.25 bits per heavy atom. The molecule has 0 saturated carbocycles. The van der Waals surface area contributed by atoms with Gasteiger partial charge in [0.1, 0.15) is 12.2 Å². The van der Waals surface area contributed by atoms with Gasteiger partial charge >= 0.3 is 0 Å². The maximum atomic E-state index is 10.7. The van der Waals surface area contributed by atoms with Crippen molar-refractivity contribution in [2.24, 2.45) is 0 Å². The SMILES string of the molecule is CC(=O)[C@H](O)[C@H](O)c1cccs1. The molecule has 3 nitrogen and oxygen atoms in total. The first-order chi connectivity index (χ1) is 5.63. The van der Waals surface area contributed by atoms with Gasteiger partial charge in [0.2, 0.25) is 0 Å². The van der Waals surface area contributed by atoms with E-state index in [9.17, 15) is 15.0 Å². The van der Waals surface area contributed by atoms with E-state index < -0.39 is 18.0 Å². The molecule has 0 fully saturated rings. The van der Waals surface area contributed by atoms with Crippen molar-refractivity contribution in [3.8, 4) is 0 Å². The van der Waals surface area contributed by atoms with Crippen molar-refractivity contribution in [3.05, 3.63) is 22.4 Å². The zero-order valence-corrected chi connectivity index (χ0v) is 7.41. The number of rotatable bonds is 3. The van der Waals surface area contributed by atoms with Crippen molar-refractivity contribution < 1.29 is 15.0 Å². The second-order valence-electron chi connectivity index (χ2n) is 2.52. The molecule has 0 bridgehead atoms. The molecule has 0 aromatic carbocycles. The molecule has 0 aliphatic carbocycles. The molecule has 0 aliphatic rings. The van der Waals surface area contributed by atoms with Crippen LogP contribution >= 0.6 is 11.3 Å². The average molecular weight is 186 g/mol. The minimum absolute atomic E-state index is 0.420. The normalized spacial score (nSPS) is 15.6. The predicted molar refractivity (Wildman–Crippen MR) is 46.0 cm³/mol. The van der Waals surface area contributed by atoms with Crippen LogP contribution in [0.15, 0.2) is 17.5 Å². The first-order valence-corrected chi connectivity index (χ1v) is 4.41. The lowest BCUT2D eigenvalue weighted by molar-refractivity contribution is -0.130. The van der Waals surface area contributed by atoms with Gasteiger partial charge in [-0.05, 0) is 18.4 Å². The number of carbonyl (C=O) groups is 1. The molecule has 4 heteroatoms. The number of Topliss-reactive ketones (excluding diaryl/α,β-unsaturated/α-hetero) is 1. The monoisotopic (exact) mass is 186 g/mol.